The van der Waals surface area contributed by atoms with E-state index in [4.69, 9.17) is 0 Å². The highest BCUT2D eigenvalue weighted by molar-refractivity contribution is 5.47. The monoisotopic (exact) mass is 260 g/mol. The molecule has 0 saturated carbocycles. The van der Waals surface area contributed by atoms with Gasteiger partial charge in [-0.15, -0.1) is 0 Å². The van der Waals surface area contributed by atoms with Gasteiger partial charge in [-0.2, -0.15) is 5.10 Å². The lowest BCUT2D eigenvalue weighted by Gasteiger charge is -2.10. The van der Waals surface area contributed by atoms with Gasteiger partial charge in [-0.1, -0.05) is 13.8 Å². The molecule has 0 aliphatic rings. The highest BCUT2D eigenvalue weighted by Gasteiger charge is 2.07. The summed E-state index contributed by atoms with van der Waals surface area (Å²) >= 11 is 0. The molecule has 6 heteroatoms. The summed E-state index contributed by atoms with van der Waals surface area (Å²) in [5.74, 6) is 2.76. The Bertz CT molecular complexity index is 546. The van der Waals surface area contributed by atoms with Crippen LogP contribution in [0.4, 0.5) is 11.6 Å². The summed E-state index contributed by atoms with van der Waals surface area (Å²) in [6.07, 6.45) is 1.93. The third kappa shape index (κ3) is 3.43. The first-order valence-electron chi connectivity index (χ1n) is 6.37. The lowest BCUT2D eigenvalue weighted by Crippen LogP contribution is -2.08. The number of nitrogens with one attached hydrogen (secondary N) is 2. The molecule has 0 aliphatic carbocycles. The van der Waals surface area contributed by atoms with Crippen LogP contribution in [0.25, 0.3) is 0 Å². The van der Waals surface area contributed by atoms with Crippen LogP contribution in [0.2, 0.25) is 0 Å². The van der Waals surface area contributed by atoms with Gasteiger partial charge in [0, 0.05) is 32.3 Å². The molecule has 2 heterocycles. The molecule has 0 atom stereocenters. The Kier molecular flexibility index (Phi) is 3.99. The smallest absolute Gasteiger partial charge is 0.135 e. The minimum atomic E-state index is 0.295. The Labute approximate surface area is 113 Å². The topological polar surface area (TPSA) is 67.7 Å². The first-order valence-corrected chi connectivity index (χ1v) is 6.37. The fourth-order valence-electron chi connectivity index (χ4n) is 1.68. The summed E-state index contributed by atoms with van der Waals surface area (Å²) in [5.41, 5.74) is 0.984. The van der Waals surface area contributed by atoms with E-state index in [1.54, 1.807) is 4.68 Å². The number of hydrogen-bond acceptors (Lipinski definition) is 5. The second kappa shape index (κ2) is 5.69. The van der Waals surface area contributed by atoms with Crippen molar-refractivity contribution >= 4 is 11.6 Å². The van der Waals surface area contributed by atoms with E-state index < -0.39 is 0 Å². The zero-order chi connectivity index (χ0) is 13.8. The molecule has 0 radical (unpaired) electrons. The first-order chi connectivity index (χ1) is 9.08. The van der Waals surface area contributed by atoms with Gasteiger partial charge in [0.1, 0.15) is 17.5 Å². The molecule has 0 amide bonds. The lowest BCUT2D eigenvalue weighted by molar-refractivity contribution is 0.745. The Morgan fingerprint density at radius 3 is 2.58 bits per heavy atom. The van der Waals surface area contributed by atoms with Crippen LogP contribution in [0.3, 0.4) is 0 Å². The summed E-state index contributed by atoms with van der Waals surface area (Å²) in [4.78, 5) is 8.93. The number of rotatable bonds is 5. The quantitative estimate of drug-likeness (QED) is 0.860. The number of anilines is 2. The molecule has 6 nitrogen and oxygen atoms in total. The minimum absolute atomic E-state index is 0.295. The van der Waals surface area contributed by atoms with E-state index >= 15 is 0 Å². The van der Waals surface area contributed by atoms with Crippen molar-refractivity contribution in [3.8, 4) is 0 Å². The maximum atomic E-state index is 4.51. The van der Waals surface area contributed by atoms with E-state index in [1.165, 1.54) is 0 Å². The molecule has 2 N–H and O–H groups in total. The number of hydrogen-bond donors (Lipinski definition) is 2. The molecule has 0 saturated heterocycles. The van der Waals surface area contributed by atoms with Crippen LogP contribution in [0.15, 0.2) is 18.3 Å². The van der Waals surface area contributed by atoms with Gasteiger partial charge in [0.05, 0.1) is 12.2 Å². The Hall–Kier alpha value is -2.11. The molecule has 102 valence electrons. The lowest BCUT2D eigenvalue weighted by atomic mass is 10.2. The molecule has 2 aromatic rings. The van der Waals surface area contributed by atoms with E-state index in [9.17, 15) is 0 Å². The molecule has 0 spiro atoms. The molecular weight excluding hydrogens is 240 g/mol. The second-order valence-electron chi connectivity index (χ2n) is 4.74. The van der Waals surface area contributed by atoms with Gasteiger partial charge >= 0.3 is 0 Å². The maximum absolute atomic E-state index is 4.51. The summed E-state index contributed by atoms with van der Waals surface area (Å²) in [6, 6.07) is 3.88. The minimum Gasteiger partial charge on any atom is -0.373 e. The van der Waals surface area contributed by atoms with Crippen LogP contribution in [0, 0.1) is 0 Å². The van der Waals surface area contributed by atoms with Gasteiger partial charge in [-0.25, -0.2) is 9.97 Å². The van der Waals surface area contributed by atoms with E-state index in [0.717, 1.165) is 23.2 Å². The second-order valence-corrected chi connectivity index (χ2v) is 4.74. The van der Waals surface area contributed by atoms with Crippen molar-refractivity contribution in [2.45, 2.75) is 26.3 Å². The van der Waals surface area contributed by atoms with E-state index in [1.807, 2.05) is 32.4 Å². The Morgan fingerprint density at radius 2 is 2.00 bits per heavy atom. The van der Waals surface area contributed by atoms with Crippen molar-refractivity contribution in [2.75, 3.05) is 17.7 Å². The Morgan fingerprint density at radius 1 is 1.26 bits per heavy atom. The fourth-order valence-corrected chi connectivity index (χ4v) is 1.68. The average molecular weight is 260 g/mol. The third-order valence-corrected chi connectivity index (χ3v) is 2.74. The van der Waals surface area contributed by atoms with Crippen molar-refractivity contribution in [3.05, 3.63) is 29.8 Å². The van der Waals surface area contributed by atoms with Gasteiger partial charge in [0.15, 0.2) is 0 Å². The van der Waals surface area contributed by atoms with Gasteiger partial charge in [-0.3, -0.25) is 4.68 Å². The van der Waals surface area contributed by atoms with Crippen LogP contribution >= 0.6 is 0 Å². The fraction of sp³-hybridized carbons (Fsp3) is 0.462. The van der Waals surface area contributed by atoms with Gasteiger partial charge in [0.25, 0.3) is 0 Å². The van der Waals surface area contributed by atoms with Crippen molar-refractivity contribution in [2.24, 2.45) is 7.05 Å². The van der Waals surface area contributed by atoms with Crippen LogP contribution in [-0.4, -0.2) is 26.8 Å². The molecule has 0 fully saturated rings. The average Bonchev–Trinajstić information content (AvgIpc) is 2.81. The number of aryl methyl sites for hydroxylation is 1. The van der Waals surface area contributed by atoms with Crippen LogP contribution < -0.4 is 10.6 Å². The zero-order valence-electron chi connectivity index (χ0n) is 11.8. The van der Waals surface area contributed by atoms with Crippen molar-refractivity contribution in [3.63, 3.8) is 0 Å². The normalized spacial score (nSPS) is 10.8. The predicted octanol–water partition coefficient (Wildman–Crippen LogP) is 1.99. The predicted molar refractivity (Wildman–Crippen MR) is 76.2 cm³/mol. The number of aromatic nitrogens is 4. The standard InChI is InChI=1S/C13H20N6/c1-9(2)13-16-11(14-3)7-12(17-13)15-8-10-5-6-19(4)18-10/h5-7,9H,8H2,1-4H3,(H2,14,15,16,17). The molecule has 0 unspecified atom stereocenters. The number of nitrogens with zero attached hydrogens (tertiary/aromatic N) is 4. The Balaban J connectivity index is 2.12. The van der Waals surface area contributed by atoms with Crippen molar-refractivity contribution in [1.29, 1.82) is 0 Å². The SMILES string of the molecule is CNc1cc(NCc2ccn(C)n2)nc(C(C)C)n1. The van der Waals surface area contributed by atoms with Crippen molar-refractivity contribution < 1.29 is 0 Å². The summed E-state index contributed by atoms with van der Waals surface area (Å²) in [5, 5.41) is 10.7. The largest absolute Gasteiger partial charge is 0.373 e. The molecule has 0 aromatic carbocycles. The van der Waals surface area contributed by atoms with Gasteiger partial charge < -0.3 is 10.6 Å². The van der Waals surface area contributed by atoms with E-state index in [2.05, 4.69) is 39.5 Å². The van der Waals surface area contributed by atoms with E-state index in [-0.39, 0.29) is 0 Å². The van der Waals surface area contributed by atoms with E-state index in [0.29, 0.717) is 12.5 Å². The molecule has 0 aliphatic heterocycles. The summed E-state index contributed by atoms with van der Waals surface area (Å²) in [7, 11) is 3.76. The zero-order valence-corrected chi connectivity index (χ0v) is 11.8. The highest BCUT2D eigenvalue weighted by Crippen LogP contribution is 2.17. The summed E-state index contributed by atoms with van der Waals surface area (Å²) in [6.45, 7) is 4.81. The maximum Gasteiger partial charge on any atom is 0.135 e. The highest BCUT2D eigenvalue weighted by atomic mass is 15.3. The molecular formula is C13H20N6. The third-order valence-electron chi connectivity index (χ3n) is 2.74. The van der Waals surface area contributed by atoms with Crippen LogP contribution in [0.1, 0.15) is 31.3 Å². The van der Waals surface area contributed by atoms with Crippen molar-refractivity contribution in [1.82, 2.24) is 19.7 Å². The molecule has 19 heavy (non-hydrogen) atoms. The van der Waals surface area contributed by atoms with Gasteiger partial charge in [-0.05, 0) is 6.07 Å². The molecule has 0 bridgehead atoms. The molecule has 2 rings (SSSR count). The summed E-state index contributed by atoms with van der Waals surface area (Å²) < 4.78 is 1.79. The molecule has 2 aromatic heterocycles. The van der Waals surface area contributed by atoms with Gasteiger partial charge in [0.2, 0.25) is 0 Å². The first kappa shape index (κ1) is 13.3. The van der Waals surface area contributed by atoms with Crippen LogP contribution in [-0.2, 0) is 13.6 Å². The van der Waals surface area contributed by atoms with Crippen LogP contribution in [0.5, 0.6) is 0 Å².